The molecule has 4 nitrogen and oxygen atoms in total. The molecule has 0 fully saturated rings. The van der Waals surface area contributed by atoms with Gasteiger partial charge in [-0.1, -0.05) is 26.3 Å². The lowest BCUT2D eigenvalue weighted by Gasteiger charge is -2.17. The summed E-state index contributed by atoms with van der Waals surface area (Å²) in [5.74, 6) is 0.0344. The summed E-state index contributed by atoms with van der Waals surface area (Å²) >= 11 is 0. The Morgan fingerprint density at radius 3 is 2.81 bits per heavy atom. The van der Waals surface area contributed by atoms with Crippen molar-refractivity contribution in [1.29, 1.82) is 0 Å². The third kappa shape index (κ3) is 3.24. The number of hydrogen-bond donors (Lipinski definition) is 3. The highest BCUT2D eigenvalue weighted by atomic mass is 16.3. The topological polar surface area (TPSA) is 75.4 Å². The first-order chi connectivity index (χ1) is 7.54. The highest BCUT2D eigenvalue weighted by molar-refractivity contribution is 5.94. The van der Waals surface area contributed by atoms with Crippen LogP contribution in [0.15, 0.2) is 24.3 Å². The summed E-state index contributed by atoms with van der Waals surface area (Å²) in [4.78, 5) is 11.7. The van der Waals surface area contributed by atoms with E-state index in [9.17, 15) is 9.90 Å². The quantitative estimate of drug-likeness (QED) is 0.725. The summed E-state index contributed by atoms with van der Waals surface area (Å²) in [6.07, 6.45) is 0.856. The number of carbonyl (C=O) groups excluding carboxylic acids is 1. The average Bonchev–Trinajstić information content (AvgIpc) is 2.27. The zero-order valence-electron chi connectivity index (χ0n) is 9.60. The maximum atomic E-state index is 11.7. The molecule has 2 unspecified atom stereocenters. The molecule has 0 aliphatic carbocycles. The molecule has 0 saturated heterocycles. The first-order valence-electron chi connectivity index (χ1n) is 5.40. The van der Waals surface area contributed by atoms with E-state index >= 15 is 0 Å². The second-order valence-electron chi connectivity index (χ2n) is 3.95. The largest absolute Gasteiger partial charge is 0.508 e. The second-order valence-corrected chi connectivity index (χ2v) is 3.95. The van der Waals surface area contributed by atoms with E-state index < -0.39 is 6.04 Å². The van der Waals surface area contributed by atoms with E-state index in [1.807, 2.05) is 13.8 Å². The van der Waals surface area contributed by atoms with Gasteiger partial charge in [-0.15, -0.1) is 0 Å². The van der Waals surface area contributed by atoms with E-state index in [1.54, 1.807) is 18.2 Å². The molecule has 1 amide bonds. The summed E-state index contributed by atoms with van der Waals surface area (Å²) < 4.78 is 0. The van der Waals surface area contributed by atoms with Crippen molar-refractivity contribution in [2.24, 2.45) is 11.7 Å². The Kier molecular flexibility index (Phi) is 4.31. The predicted octanol–water partition coefficient (Wildman–Crippen LogP) is 1.70. The van der Waals surface area contributed by atoms with Crippen LogP contribution in [0, 0.1) is 5.92 Å². The number of rotatable bonds is 4. The highest BCUT2D eigenvalue weighted by Gasteiger charge is 2.19. The molecule has 1 rings (SSSR count). The molecular formula is C12H18N2O2. The fourth-order valence-corrected chi connectivity index (χ4v) is 1.32. The van der Waals surface area contributed by atoms with E-state index in [0.717, 1.165) is 6.42 Å². The van der Waals surface area contributed by atoms with Crippen LogP contribution in [0.25, 0.3) is 0 Å². The molecule has 0 spiro atoms. The Hall–Kier alpha value is -1.55. The third-order valence-corrected chi connectivity index (χ3v) is 2.67. The van der Waals surface area contributed by atoms with Crippen molar-refractivity contribution in [3.05, 3.63) is 24.3 Å². The van der Waals surface area contributed by atoms with Crippen LogP contribution in [0.3, 0.4) is 0 Å². The van der Waals surface area contributed by atoms with Crippen LogP contribution in [0.2, 0.25) is 0 Å². The third-order valence-electron chi connectivity index (χ3n) is 2.67. The summed E-state index contributed by atoms with van der Waals surface area (Å²) in [5, 5.41) is 11.9. The summed E-state index contributed by atoms with van der Waals surface area (Å²) in [5.41, 5.74) is 6.34. The fraction of sp³-hybridized carbons (Fsp3) is 0.417. The van der Waals surface area contributed by atoms with Crippen molar-refractivity contribution in [2.75, 3.05) is 5.32 Å². The van der Waals surface area contributed by atoms with Gasteiger partial charge in [0.25, 0.3) is 0 Å². The van der Waals surface area contributed by atoms with Crippen LogP contribution in [-0.4, -0.2) is 17.1 Å². The molecule has 1 aromatic rings. The lowest BCUT2D eigenvalue weighted by molar-refractivity contribution is -0.118. The summed E-state index contributed by atoms with van der Waals surface area (Å²) in [7, 11) is 0. The van der Waals surface area contributed by atoms with Gasteiger partial charge >= 0.3 is 0 Å². The molecule has 0 aromatic heterocycles. The van der Waals surface area contributed by atoms with Crippen LogP contribution >= 0.6 is 0 Å². The van der Waals surface area contributed by atoms with Crippen molar-refractivity contribution in [2.45, 2.75) is 26.3 Å². The van der Waals surface area contributed by atoms with E-state index in [4.69, 9.17) is 5.73 Å². The number of carbonyl (C=O) groups is 1. The number of anilines is 1. The van der Waals surface area contributed by atoms with Crippen LogP contribution < -0.4 is 11.1 Å². The molecule has 0 heterocycles. The first kappa shape index (κ1) is 12.5. The SMILES string of the molecule is CCC(C)C(N)C(=O)Nc1cccc(O)c1. The van der Waals surface area contributed by atoms with Crippen molar-refractivity contribution < 1.29 is 9.90 Å². The molecule has 2 atom stereocenters. The van der Waals surface area contributed by atoms with Gasteiger partial charge in [-0.3, -0.25) is 4.79 Å². The first-order valence-corrected chi connectivity index (χ1v) is 5.40. The van der Waals surface area contributed by atoms with Gasteiger partial charge in [0.15, 0.2) is 0 Å². The van der Waals surface area contributed by atoms with E-state index in [-0.39, 0.29) is 17.6 Å². The van der Waals surface area contributed by atoms with Crippen LogP contribution in [0.4, 0.5) is 5.69 Å². The molecule has 0 bridgehead atoms. The predicted molar refractivity (Wildman–Crippen MR) is 64.2 cm³/mol. The fourth-order valence-electron chi connectivity index (χ4n) is 1.32. The minimum Gasteiger partial charge on any atom is -0.508 e. The molecule has 16 heavy (non-hydrogen) atoms. The molecular weight excluding hydrogens is 204 g/mol. The Balaban J connectivity index is 2.64. The second kappa shape index (κ2) is 5.51. The number of phenolic OH excluding ortho intramolecular Hbond substituents is 1. The number of hydrogen-bond acceptors (Lipinski definition) is 3. The molecule has 0 aliphatic rings. The highest BCUT2D eigenvalue weighted by Crippen LogP contribution is 2.16. The zero-order chi connectivity index (χ0) is 12.1. The Morgan fingerprint density at radius 2 is 2.25 bits per heavy atom. The Bertz CT molecular complexity index is 366. The van der Waals surface area contributed by atoms with Crippen molar-refractivity contribution >= 4 is 11.6 Å². The molecule has 0 saturated carbocycles. The number of nitrogens with two attached hydrogens (primary N) is 1. The van der Waals surface area contributed by atoms with E-state index in [2.05, 4.69) is 5.32 Å². The van der Waals surface area contributed by atoms with E-state index in [1.165, 1.54) is 6.07 Å². The van der Waals surface area contributed by atoms with Gasteiger partial charge in [0.1, 0.15) is 5.75 Å². The number of amides is 1. The van der Waals surface area contributed by atoms with Gasteiger partial charge in [-0.2, -0.15) is 0 Å². The monoisotopic (exact) mass is 222 g/mol. The Morgan fingerprint density at radius 1 is 1.56 bits per heavy atom. The van der Waals surface area contributed by atoms with E-state index in [0.29, 0.717) is 5.69 Å². The normalized spacial score (nSPS) is 14.2. The standard InChI is InChI=1S/C12H18N2O2/c1-3-8(2)11(13)12(16)14-9-5-4-6-10(15)7-9/h4-8,11,15H,3,13H2,1-2H3,(H,14,16). The van der Waals surface area contributed by atoms with Gasteiger partial charge in [-0.05, 0) is 18.1 Å². The number of benzene rings is 1. The van der Waals surface area contributed by atoms with Gasteiger partial charge in [-0.25, -0.2) is 0 Å². The maximum Gasteiger partial charge on any atom is 0.241 e. The molecule has 88 valence electrons. The van der Waals surface area contributed by atoms with Gasteiger partial charge < -0.3 is 16.2 Å². The van der Waals surface area contributed by atoms with Gasteiger partial charge in [0, 0.05) is 11.8 Å². The van der Waals surface area contributed by atoms with Crippen molar-refractivity contribution in [3.63, 3.8) is 0 Å². The maximum absolute atomic E-state index is 11.7. The lowest BCUT2D eigenvalue weighted by atomic mass is 9.99. The molecule has 0 aliphatic heterocycles. The van der Waals surface area contributed by atoms with Crippen LogP contribution in [-0.2, 0) is 4.79 Å². The lowest BCUT2D eigenvalue weighted by Crippen LogP contribution is -2.40. The molecule has 1 aromatic carbocycles. The smallest absolute Gasteiger partial charge is 0.241 e. The van der Waals surface area contributed by atoms with Crippen molar-refractivity contribution in [1.82, 2.24) is 0 Å². The summed E-state index contributed by atoms with van der Waals surface area (Å²) in [6.45, 7) is 3.93. The molecule has 0 radical (unpaired) electrons. The minimum absolute atomic E-state index is 0.120. The van der Waals surface area contributed by atoms with Crippen molar-refractivity contribution in [3.8, 4) is 5.75 Å². The average molecular weight is 222 g/mol. The number of phenols is 1. The molecule has 4 N–H and O–H groups in total. The van der Waals surface area contributed by atoms with Crippen LogP contribution in [0.5, 0.6) is 5.75 Å². The minimum atomic E-state index is -0.521. The number of aromatic hydroxyl groups is 1. The van der Waals surface area contributed by atoms with Gasteiger partial charge in [0.05, 0.1) is 6.04 Å². The van der Waals surface area contributed by atoms with Gasteiger partial charge in [0.2, 0.25) is 5.91 Å². The summed E-state index contributed by atoms with van der Waals surface area (Å²) in [6, 6.07) is 5.89. The number of nitrogens with one attached hydrogen (secondary N) is 1. The van der Waals surface area contributed by atoms with Crippen LogP contribution in [0.1, 0.15) is 20.3 Å². The molecule has 4 heteroatoms. The Labute approximate surface area is 95.5 Å². The zero-order valence-corrected chi connectivity index (χ0v) is 9.60.